The van der Waals surface area contributed by atoms with Gasteiger partial charge in [-0.2, -0.15) is 0 Å². The second-order valence-electron chi connectivity index (χ2n) is 6.20. The molecule has 0 saturated heterocycles. The fourth-order valence-electron chi connectivity index (χ4n) is 3.09. The molecule has 0 spiro atoms. The second kappa shape index (κ2) is 7.46. The third-order valence-electron chi connectivity index (χ3n) is 4.36. The minimum atomic E-state index is -0.242. The van der Waals surface area contributed by atoms with Crippen molar-refractivity contribution >= 4 is 11.7 Å². The molecule has 0 heterocycles. The Morgan fingerprint density at radius 3 is 2.48 bits per heavy atom. The van der Waals surface area contributed by atoms with Crippen LogP contribution in [0.3, 0.4) is 0 Å². The maximum absolute atomic E-state index is 12.3. The van der Waals surface area contributed by atoms with E-state index in [0.717, 1.165) is 36.9 Å². The molecule has 0 aliphatic heterocycles. The van der Waals surface area contributed by atoms with Crippen molar-refractivity contribution in [2.75, 3.05) is 11.9 Å². The van der Waals surface area contributed by atoms with E-state index in [0.29, 0.717) is 6.54 Å². The fraction of sp³-hybridized carbons (Fsp3) is 0.588. The van der Waals surface area contributed by atoms with Crippen LogP contribution in [-0.4, -0.2) is 18.1 Å². The molecule has 4 nitrogen and oxygen atoms in total. The molecule has 1 aliphatic rings. The molecule has 1 aromatic rings. The standard InChI is InChI=1S/C17H27N3O/c1-14-8-7-9-15(12-14)19-16(21)20-17(13-18)10-5-3-2-4-6-11-17/h7-9,12H,2-6,10-11,13,18H2,1H3,(H2,19,20,21). The first-order valence-corrected chi connectivity index (χ1v) is 7.99. The molecule has 2 rings (SSSR count). The molecular formula is C17H27N3O. The average molecular weight is 289 g/mol. The van der Waals surface area contributed by atoms with Crippen molar-refractivity contribution in [2.24, 2.45) is 5.73 Å². The molecule has 4 heteroatoms. The number of benzene rings is 1. The lowest BCUT2D eigenvalue weighted by Gasteiger charge is -2.35. The van der Waals surface area contributed by atoms with Crippen molar-refractivity contribution in [3.63, 3.8) is 0 Å². The van der Waals surface area contributed by atoms with Crippen LogP contribution >= 0.6 is 0 Å². The lowest BCUT2D eigenvalue weighted by atomic mass is 9.84. The number of carbonyl (C=O) groups excluding carboxylic acids is 1. The van der Waals surface area contributed by atoms with E-state index in [4.69, 9.17) is 5.73 Å². The summed E-state index contributed by atoms with van der Waals surface area (Å²) in [4.78, 5) is 12.3. The Morgan fingerprint density at radius 2 is 1.86 bits per heavy atom. The highest BCUT2D eigenvalue weighted by Crippen LogP contribution is 2.25. The van der Waals surface area contributed by atoms with Crippen LogP contribution in [0.15, 0.2) is 24.3 Å². The van der Waals surface area contributed by atoms with Crippen molar-refractivity contribution in [2.45, 2.75) is 57.4 Å². The van der Waals surface area contributed by atoms with E-state index in [1.807, 2.05) is 31.2 Å². The molecule has 0 unspecified atom stereocenters. The number of urea groups is 1. The minimum absolute atomic E-state index is 0.147. The number of carbonyl (C=O) groups is 1. The Balaban J connectivity index is 1.97. The van der Waals surface area contributed by atoms with Crippen molar-refractivity contribution < 1.29 is 4.79 Å². The molecule has 0 bridgehead atoms. The highest BCUT2D eigenvalue weighted by atomic mass is 16.2. The molecule has 0 aromatic heterocycles. The highest BCUT2D eigenvalue weighted by Gasteiger charge is 2.30. The first-order chi connectivity index (χ1) is 10.1. The molecular weight excluding hydrogens is 262 g/mol. The van der Waals surface area contributed by atoms with Crippen LogP contribution in [0.25, 0.3) is 0 Å². The Labute approximate surface area is 127 Å². The van der Waals surface area contributed by atoms with Crippen LogP contribution in [0, 0.1) is 6.92 Å². The SMILES string of the molecule is Cc1cccc(NC(=O)NC2(CN)CCCCCCC2)c1. The number of amides is 2. The van der Waals surface area contributed by atoms with Gasteiger partial charge in [0.25, 0.3) is 0 Å². The number of nitrogens with one attached hydrogen (secondary N) is 2. The van der Waals surface area contributed by atoms with Crippen LogP contribution in [-0.2, 0) is 0 Å². The van der Waals surface area contributed by atoms with E-state index in [1.165, 1.54) is 19.3 Å². The van der Waals surface area contributed by atoms with Crippen molar-refractivity contribution in [3.8, 4) is 0 Å². The molecule has 0 atom stereocenters. The Bertz CT molecular complexity index is 465. The quantitative estimate of drug-likeness (QED) is 0.796. The van der Waals surface area contributed by atoms with Crippen LogP contribution in [0.1, 0.15) is 50.5 Å². The monoisotopic (exact) mass is 289 g/mol. The number of aryl methyl sites for hydroxylation is 1. The Morgan fingerprint density at radius 1 is 1.19 bits per heavy atom. The lowest BCUT2D eigenvalue weighted by Crippen LogP contribution is -2.55. The highest BCUT2D eigenvalue weighted by molar-refractivity contribution is 5.89. The summed E-state index contributed by atoms with van der Waals surface area (Å²) in [6.45, 7) is 2.52. The van der Waals surface area contributed by atoms with Crippen LogP contribution < -0.4 is 16.4 Å². The zero-order valence-electron chi connectivity index (χ0n) is 13.0. The summed E-state index contributed by atoms with van der Waals surface area (Å²) in [6.07, 6.45) is 8.02. The van der Waals surface area contributed by atoms with Gasteiger partial charge < -0.3 is 16.4 Å². The number of hydrogen-bond donors (Lipinski definition) is 3. The molecule has 0 radical (unpaired) electrons. The summed E-state index contributed by atoms with van der Waals surface area (Å²) >= 11 is 0. The van der Waals surface area contributed by atoms with Gasteiger partial charge in [0.05, 0.1) is 5.54 Å². The molecule has 21 heavy (non-hydrogen) atoms. The molecule has 1 aliphatic carbocycles. The fourth-order valence-corrected chi connectivity index (χ4v) is 3.09. The predicted octanol–water partition coefficient (Wildman–Crippen LogP) is 3.56. The van der Waals surface area contributed by atoms with Crippen LogP contribution in [0.5, 0.6) is 0 Å². The third-order valence-corrected chi connectivity index (χ3v) is 4.36. The molecule has 1 fully saturated rings. The molecule has 1 aromatic carbocycles. The summed E-state index contributed by atoms with van der Waals surface area (Å²) in [5.74, 6) is 0. The van der Waals surface area contributed by atoms with Gasteiger partial charge in [-0.1, -0.05) is 44.2 Å². The smallest absolute Gasteiger partial charge is 0.319 e. The summed E-state index contributed by atoms with van der Waals surface area (Å²) in [7, 11) is 0. The Kier molecular flexibility index (Phi) is 5.62. The first kappa shape index (κ1) is 15.8. The summed E-state index contributed by atoms with van der Waals surface area (Å²) in [6, 6.07) is 7.68. The van der Waals surface area contributed by atoms with Gasteiger partial charge >= 0.3 is 6.03 Å². The number of nitrogens with two attached hydrogens (primary N) is 1. The average Bonchev–Trinajstić information content (AvgIpc) is 2.42. The molecule has 4 N–H and O–H groups in total. The van der Waals surface area contributed by atoms with Crippen molar-refractivity contribution in [1.82, 2.24) is 5.32 Å². The van der Waals surface area contributed by atoms with Gasteiger partial charge in [0.1, 0.15) is 0 Å². The third kappa shape index (κ3) is 4.74. The van der Waals surface area contributed by atoms with E-state index in [2.05, 4.69) is 10.6 Å². The number of hydrogen-bond acceptors (Lipinski definition) is 2. The van der Waals surface area contributed by atoms with E-state index in [1.54, 1.807) is 0 Å². The zero-order chi connectivity index (χ0) is 15.1. The lowest BCUT2D eigenvalue weighted by molar-refractivity contribution is 0.222. The maximum Gasteiger partial charge on any atom is 0.319 e. The number of rotatable bonds is 3. The van der Waals surface area contributed by atoms with Gasteiger partial charge in [-0.05, 0) is 37.5 Å². The van der Waals surface area contributed by atoms with Crippen LogP contribution in [0.4, 0.5) is 10.5 Å². The van der Waals surface area contributed by atoms with E-state index in [-0.39, 0.29) is 11.6 Å². The van der Waals surface area contributed by atoms with E-state index < -0.39 is 0 Å². The van der Waals surface area contributed by atoms with Gasteiger partial charge in [-0.25, -0.2) is 4.79 Å². The summed E-state index contributed by atoms with van der Waals surface area (Å²) in [5, 5.41) is 6.06. The molecule has 2 amide bonds. The Hall–Kier alpha value is -1.55. The van der Waals surface area contributed by atoms with E-state index in [9.17, 15) is 4.79 Å². The zero-order valence-corrected chi connectivity index (χ0v) is 13.0. The topological polar surface area (TPSA) is 67.2 Å². The summed E-state index contributed by atoms with van der Waals surface area (Å²) < 4.78 is 0. The molecule has 1 saturated carbocycles. The van der Waals surface area contributed by atoms with Gasteiger partial charge in [0.2, 0.25) is 0 Å². The maximum atomic E-state index is 12.3. The minimum Gasteiger partial charge on any atom is -0.331 e. The van der Waals surface area contributed by atoms with Crippen molar-refractivity contribution in [3.05, 3.63) is 29.8 Å². The second-order valence-corrected chi connectivity index (χ2v) is 6.20. The van der Waals surface area contributed by atoms with Gasteiger partial charge in [-0.3, -0.25) is 0 Å². The normalized spacial score (nSPS) is 18.4. The first-order valence-electron chi connectivity index (χ1n) is 7.99. The van der Waals surface area contributed by atoms with E-state index >= 15 is 0 Å². The van der Waals surface area contributed by atoms with Gasteiger partial charge in [-0.15, -0.1) is 0 Å². The predicted molar refractivity (Wildman–Crippen MR) is 87.4 cm³/mol. The van der Waals surface area contributed by atoms with Crippen LogP contribution in [0.2, 0.25) is 0 Å². The summed E-state index contributed by atoms with van der Waals surface area (Å²) in [5.41, 5.74) is 7.70. The van der Waals surface area contributed by atoms with Gasteiger partial charge in [0.15, 0.2) is 0 Å². The number of anilines is 1. The van der Waals surface area contributed by atoms with Gasteiger partial charge in [0, 0.05) is 12.2 Å². The molecule has 116 valence electrons. The largest absolute Gasteiger partial charge is 0.331 e. The van der Waals surface area contributed by atoms with Crippen molar-refractivity contribution in [1.29, 1.82) is 0 Å².